The summed E-state index contributed by atoms with van der Waals surface area (Å²) < 4.78 is 0. The topological polar surface area (TPSA) is 81.0 Å². The molecule has 3 rings (SSSR count). The number of nitrogens with one attached hydrogen (secondary N) is 1. The average molecular weight is 290 g/mol. The van der Waals surface area contributed by atoms with Crippen molar-refractivity contribution in [2.75, 3.05) is 5.32 Å². The van der Waals surface area contributed by atoms with Crippen molar-refractivity contribution in [2.24, 2.45) is 5.92 Å². The lowest BCUT2D eigenvalue weighted by molar-refractivity contribution is -0.384. The number of hydrogen-bond acceptors (Lipinski definition) is 6. The number of nitrogens with zero attached hydrogens (tertiary/aromatic N) is 3. The van der Waals surface area contributed by atoms with E-state index in [0.717, 1.165) is 23.5 Å². The van der Waals surface area contributed by atoms with Crippen LogP contribution in [-0.4, -0.2) is 14.9 Å². The van der Waals surface area contributed by atoms with Crippen LogP contribution in [0.4, 0.5) is 11.5 Å². The Kier molecular flexibility index (Phi) is 3.35. The zero-order valence-corrected chi connectivity index (χ0v) is 11.8. The highest BCUT2D eigenvalue weighted by molar-refractivity contribution is 7.09. The van der Waals surface area contributed by atoms with Crippen LogP contribution in [0.25, 0.3) is 0 Å². The highest BCUT2D eigenvalue weighted by Crippen LogP contribution is 2.44. The lowest BCUT2D eigenvalue weighted by Gasteiger charge is -2.16. The van der Waals surface area contributed by atoms with Crippen molar-refractivity contribution in [3.05, 3.63) is 44.5 Å². The number of aryl methyl sites for hydroxylation is 1. The largest absolute Gasteiger partial charge is 0.355 e. The Morgan fingerprint density at radius 1 is 1.55 bits per heavy atom. The van der Waals surface area contributed by atoms with E-state index in [1.54, 1.807) is 23.6 Å². The monoisotopic (exact) mass is 290 g/mol. The zero-order chi connectivity index (χ0) is 14.1. The molecular weight excluding hydrogens is 276 g/mol. The van der Waals surface area contributed by atoms with Crippen molar-refractivity contribution < 1.29 is 4.92 Å². The van der Waals surface area contributed by atoms with Gasteiger partial charge in [0.25, 0.3) is 0 Å². The summed E-state index contributed by atoms with van der Waals surface area (Å²) in [5.41, 5.74) is 0.986. The molecule has 1 aliphatic rings. The van der Waals surface area contributed by atoms with Gasteiger partial charge in [0.05, 0.1) is 11.0 Å². The molecule has 0 bridgehead atoms. The number of pyridine rings is 1. The smallest absolute Gasteiger partial charge is 0.311 e. The fourth-order valence-corrected chi connectivity index (χ4v) is 3.07. The number of anilines is 1. The molecular formula is C13H14N4O2S. The molecule has 1 fully saturated rings. The first-order chi connectivity index (χ1) is 9.65. The van der Waals surface area contributed by atoms with Gasteiger partial charge in [0.1, 0.15) is 5.01 Å². The summed E-state index contributed by atoms with van der Waals surface area (Å²) in [7, 11) is 0. The summed E-state index contributed by atoms with van der Waals surface area (Å²) in [6.07, 6.45) is 3.81. The van der Waals surface area contributed by atoms with E-state index in [1.807, 2.05) is 12.3 Å². The van der Waals surface area contributed by atoms with Gasteiger partial charge < -0.3 is 5.32 Å². The van der Waals surface area contributed by atoms with Crippen LogP contribution in [0, 0.1) is 23.0 Å². The lowest BCUT2D eigenvalue weighted by Crippen LogP contribution is -2.14. The number of aromatic nitrogens is 2. The van der Waals surface area contributed by atoms with Crippen LogP contribution in [0.3, 0.4) is 0 Å². The van der Waals surface area contributed by atoms with Crippen LogP contribution in [-0.2, 0) is 0 Å². The van der Waals surface area contributed by atoms with Crippen molar-refractivity contribution in [2.45, 2.75) is 25.8 Å². The van der Waals surface area contributed by atoms with Crippen LogP contribution in [0.15, 0.2) is 23.7 Å². The van der Waals surface area contributed by atoms with Gasteiger partial charge in [-0.2, -0.15) is 0 Å². The second-order valence-corrected chi connectivity index (χ2v) is 5.80. The maximum atomic E-state index is 11.0. The number of rotatable bonds is 5. The highest BCUT2D eigenvalue weighted by atomic mass is 32.1. The minimum Gasteiger partial charge on any atom is -0.355 e. The molecule has 1 aliphatic carbocycles. The van der Waals surface area contributed by atoms with Crippen molar-refractivity contribution in [1.82, 2.24) is 9.97 Å². The third kappa shape index (κ3) is 2.62. The summed E-state index contributed by atoms with van der Waals surface area (Å²) in [5, 5.41) is 17.2. The average Bonchev–Trinajstić information content (AvgIpc) is 3.18. The second-order valence-electron chi connectivity index (χ2n) is 4.91. The van der Waals surface area contributed by atoms with Crippen molar-refractivity contribution in [3.63, 3.8) is 0 Å². The molecule has 0 aromatic carbocycles. The van der Waals surface area contributed by atoms with Crippen LogP contribution >= 0.6 is 11.3 Å². The number of thiazole rings is 1. The van der Waals surface area contributed by atoms with E-state index >= 15 is 0 Å². The molecule has 20 heavy (non-hydrogen) atoms. The van der Waals surface area contributed by atoms with Crippen LogP contribution in [0.2, 0.25) is 0 Å². The third-order valence-corrected chi connectivity index (χ3v) is 4.32. The third-order valence-electron chi connectivity index (χ3n) is 3.27. The van der Waals surface area contributed by atoms with Crippen LogP contribution < -0.4 is 5.32 Å². The molecule has 104 valence electrons. The summed E-state index contributed by atoms with van der Waals surface area (Å²) >= 11 is 1.59. The molecule has 2 aromatic rings. The number of hydrogen-bond donors (Lipinski definition) is 1. The fourth-order valence-electron chi connectivity index (χ4n) is 2.13. The first kappa shape index (κ1) is 13.0. The molecule has 1 N–H and O–H groups in total. The molecule has 2 heterocycles. The van der Waals surface area contributed by atoms with Gasteiger partial charge in [0.2, 0.25) is 5.82 Å². The quantitative estimate of drug-likeness (QED) is 0.675. The molecule has 0 saturated heterocycles. The minimum absolute atomic E-state index is 0.00595. The van der Waals surface area contributed by atoms with Gasteiger partial charge in [0, 0.05) is 23.3 Å². The van der Waals surface area contributed by atoms with E-state index in [1.165, 1.54) is 6.07 Å². The van der Waals surface area contributed by atoms with E-state index in [-0.39, 0.29) is 11.7 Å². The standard InChI is InChI=1S/C13H14N4O2S/c1-8-7-20-13(15-8)11(9-4-5-9)16-12-10(17(18)19)3-2-6-14-12/h2-3,6-7,9,11H,4-5H2,1H3,(H,14,16). The van der Waals surface area contributed by atoms with Crippen molar-refractivity contribution >= 4 is 22.8 Å². The molecule has 0 spiro atoms. The van der Waals surface area contributed by atoms with Gasteiger partial charge in [-0.05, 0) is 31.7 Å². The predicted octanol–water partition coefficient (Wildman–Crippen LogP) is 3.32. The Morgan fingerprint density at radius 2 is 2.35 bits per heavy atom. The molecule has 0 amide bonds. The van der Waals surface area contributed by atoms with Crippen molar-refractivity contribution in [1.29, 1.82) is 0 Å². The second kappa shape index (κ2) is 5.16. The van der Waals surface area contributed by atoms with E-state index in [0.29, 0.717) is 11.7 Å². The van der Waals surface area contributed by atoms with Crippen LogP contribution in [0.1, 0.15) is 29.6 Å². The lowest BCUT2D eigenvalue weighted by atomic mass is 10.2. The fraction of sp³-hybridized carbons (Fsp3) is 0.385. The van der Waals surface area contributed by atoms with E-state index < -0.39 is 4.92 Å². The maximum absolute atomic E-state index is 11.0. The maximum Gasteiger partial charge on any atom is 0.311 e. The van der Waals surface area contributed by atoms with E-state index in [9.17, 15) is 10.1 Å². The number of nitro groups is 1. The Bertz CT molecular complexity index is 639. The van der Waals surface area contributed by atoms with Crippen LogP contribution in [0.5, 0.6) is 0 Å². The summed E-state index contributed by atoms with van der Waals surface area (Å²) in [4.78, 5) is 19.2. The Balaban J connectivity index is 1.89. The molecule has 0 radical (unpaired) electrons. The molecule has 1 saturated carbocycles. The summed E-state index contributed by atoms with van der Waals surface area (Å²) in [6.45, 7) is 1.95. The van der Waals surface area contributed by atoms with Crippen molar-refractivity contribution in [3.8, 4) is 0 Å². The van der Waals surface area contributed by atoms with E-state index in [2.05, 4.69) is 15.3 Å². The Labute approximate surface area is 120 Å². The van der Waals surface area contributed by atoms with Gasteiger partial charge >= 0.3 is 5.69 Å². The Morgan fingerprint density at radius 3 is 2.95 bits per heavy atom. The Hall–Kier alpha value is -2.02. The molecule has 2 aromatic heterocycles. The van der Waals surface area contributed by atoms with Gasteiger partial charge in [0.15, 0.2) is 0 Å². The molecule has 0 aliphatic heterocycles. The highest BCUT2D eigenvalue weighted by Gasteiger charge is 2.35. The van der Waals surface area contributed by atoms with E-state index in [4.69, 9.17) is 0 Å². The van der Waals surface area contributed by atoms with Gasteiger partial charge in [-0.1, -0.05) is 0 Å². The van der Waals surface area contributed by atoms with Gasteiger partial charge in [-0.15, -0.1) is 11.3 Å². The molecule has 1 unspecified atom stereocenters. The normalized spacial score (nSPS) is 15.8. The summed E-state index contributed by atoms with van der Waals surface area (Å²) in [6, 6.07) is 3.05. The summed E-state index contributed by atoms with van der Waals surface area (Å²) in [5.74, 6) is 0.810. The first-order valence-electron chi connectivity index (χ1n) is 6.43. The van der Waals surface area contributed by atoms with Gasteiger partial charge in [-0.3, -0.25) is 10.1 Å². The predicted molar refractivity (Wildman–Crippen MR) is 76.8 cm³/mol. The SMILES string of the molecule is Cc1csc(C(Nc2ncccc2[N+](=O)[O-])C2CC2)n1. The molecule has 7 heteroatoms. The zero-order valence-electron chi connectivity index (χ0n) is 10.9. The van der Waals surface area contributed by atoms with Gasteiger partial charge in [-0.25, -0.2) is 9.97 Å². The molecule has 6 nitrogen and oxygen atoms in total. The first-order valence-corrected chi connectivity index (χ1v) is 7.31. The molecule has 1 atom stereocenters. The minimum atomic E-state index is -0.410.